The summed E-state index contributed by atoms with van der Waals surface area (Å²) in [4.78, 5) is 2.09. The van der Waals surface area contributed by atoms with Crippen LogP contribution < -0.4 is 4.90 Å². The zero-order valence-electron chi connectivity index (χ0n) is 19.4. The van der Waals surface area contributed by atoms with Crippen molar-refractivity contribution in [3.05, 3.63) is 125 Å². The summed E-state index contributed by atoms with van der Waals surface area (Å²) in [5.41, 5.74) is 11.8. The summed E-state index contributed by atoms with van der Waals surface area (Å²) in [6.45, 7) is 0. The number of hydrogen-bond acceptors (Lipinski definition) is 3. The summed E-state index contributed by atoms with van der Waals surface area (Å²) in [5.74, 6) is 0.261. The SMILES string of the molecule is Oc1ccc2c(c1)Cc1cc(N(c3cccc(F)c3)c3ccc4c(c3)Cc3cc(O)ccc3-4)ccc1-2. The lowest BCUT2D eigenvalue weighted by atomic mass is 10.0. The van der Waals surface area contributed by atoms with Crippen LogP contribution in [-0.4, -0.2) is 10.2 Å². The number of fused-ring (bicyclic) bond motifs is 6. The van der Waals surface area contributed by atoms with E-state index in [-0.39, 0.29) is 17.3 Å². The molecular weight excluding hydrogens is 449 g/mol. The maximum Gasteiger partial charge on any atom is 0.125 e. The molecule has 36 heavy (non-hydrogen) atoms. The number of rotatable bonds is 3. The molecule has 0 fully saturated rings. The molecule has 3 nitrogen and oxygen atoms in total. The van der Waals surface area contributed by atoms with Gasteiger partial charge in [0.1, 0.15) is 17.3 Å². The van der Waals surface area contributed by atoms with Crippen LogP contribution in [0.4, 0.5) is 21.5 Å². The number of anilines is 3. The first-order valence-corrected chi connectivity index (χ1v) is 12.0. The topological polar surface area (TPSA) is 43.7 Å². The molecule has 2 N–H and O–H groups in total. The average Bonchev–Trinajstić information content (AvgIpc) is 3.40. The monoisotopic (exact) mass is 471 g/mol. The van der Waals surface area contributed by atoms with Crippen molar-refractivity contribution in [2.75, 3.05) is 4.90 Å². The van der Waals surface area contributed by atoms with Crippen molar-refractivity contribution in [1.82, 2.24) is 0 Å². The number of halogens is 1. The Morgan fingerprint density at radius 1 is 0.500 bits per heavy atom. The van der Waals surface area contributed by atoms with Crippen LogP contribution in [0.5, 0.6) is 11.5 Å². The van der Waals surface area contributed by atoms with Gasteiger partial charge in [-0.2, -0.15) is 0 Å². The Kier molecular flexibility index (Phi) is 4.45. The molecule has 5 aromatic rings. The van der Waals surface area contributed by atoms with Crippen molar-refractivity contribution in [3.8, 4) is 33.8 Å². The van der Waals surface area contributed by atoms with Gasteiger partial charge >= 0.3 is 0 Å². The molecular formula is C32H22FNO2. The third-order valence-electron chi connectivity index (χ3n) is 7.28. The molecule has 2 aliphatic rings. The minimum atomic E-state index is -0.286. The molecule has 2 aliphatic carbocycles. The fourth-order valence-electron chi connectivity index (χ4n) is 5.71. The minimum Gasteiger partial charge on any atom is -0.508 e. The summed E-state index contributed by atoms with van der Waals surface area (Å²) in [7, 11) is 0. The largest absolute Gasteiger partial charge is 0.508 e. The van der Waals surface area contributed by atoms with E-state index in [1.807, 2.05) is 30.3 Å². The molecule has 0 bridgehead atoms. The van der Waals surface area contributed by atoms with Gasteiger partial charge in [0.05, 0.1) is 0 Å². The second-order valence-electron chi connectivity index (χ2n) is 9.53. The van der Waals surface area contributed by atoms with E-state index < -0.39 is 0 Å². The summed E-state index contributed by atoms with van der Waals surface area (Å²) in [6, 6.07) is 30.4. The van der Waals surface area contributed by atoms with E-state index in [4.69, 9.17) is 0 Å². The molecule has 5 aromatic carbocycles. The fraction of sp³-hybridized carbons (Fsp3) is 0.0625. The minimum absolute atomic E-state index is 0.274. The second-order valence-corrected chi connectivity index (χ2v) is 9.53. The first-order chi connectivity index (χ1) is 17.5. The molecule has 0 unspecified atom stereocenters. The van der Waals surface area contributed by atoms with Crippen LogP contribution in [0.15, 0.2) is 97.1 Å². The molecule has 0 saturated heterocycles. The van der Waals surface area contributed by atoms with E-state index in [0.29, 0.717) is 0 Å². The summed E-state index contributed by atoms with van der Waals surface area (Å²) in [6.07, 6.45) is 1.49. The van der Waals surface area contributed by atoms with E-state index in [1.165, 1.54) is 17.2 Å². The molecule has 174 valence electrons. The highest BCUT2D eigenvalue weighted by Crippen LogP contribution is 2.45. The Balaban J connectivity index is 1.34. The zero-order valence-corrected chi connectivity index (χ0v) is 19.4. The fourth-order valence-corrected chi connectivity index (χ4v) is 5.71. The van der Waals surface area contributed by atoms with Crippen LogP contribution in [0.2, 0.25) is 0 Å². The molecule has 0 spiro atoms. The number of phenolic OH excluding ortho intramolecular Hbond substituents is 2. The molecule has 0 radical (unpaired) electrons. The number of hydrogen-bond donors (Lipinski definition) is 2. The summed E-state index contributed by atoms with van der Waals surface area (Å²) < 4.78 is 14.4. The molecule has 0 saturated carbocycles. The van der Waals surface area contributed by atoms with Gasteiger partial charge in [-0.1, -0.05) is 30.3 Å². The van der Waals surface area contributed by atoms with Crippen LogP contribution >= 0.6 is 0 Å². The summed E-state index contributed by atoms with van der Waals surface area (Å²) in [5, 5.41) is 19.9. The normalized spacial score (nSPS) is 12.6. The number of nitrogens with zero attached hydrogens (tertiary/aromatic N) is 1. The van der Waals surface area contributed by atoms with E-state index in [9.17, 15) is 14.6 Å². The van der Waals surface area contributed by atoms with E-state index in [1.54, 1.807) is 24.3 Å². The van der Waals surface area contributed by atoms with Gasteiger partial charge in [-0.25, -0.2) is 4.39 Å². The molecule has 4 heteroatoms. The Labute approximate surface area is 208 Å². The maximum absolute atomic E-state index is 14.4. The van der Waals surface area contributed by atoms with Crippen LogP contribution in [0.25, 0.3) is 22.3 Å². The average molecular weight is 472 g/mol. The predicted molar refractivity (Wildman–Crippen MR) is 141 cm³/mol. The van der Waals surface area contributed by atoms with Crippen LogP contribution in [0.3, 0.4) is 0 Å². The molecule has 7 rings (SSSR count). The van der Waals surface area contributed by atoms with E-state index >= 15 is 0 Å². The smallest absolute Gasteiger partial charge is 0.125 e. The molecule has 0 atom stereocenters. The molecule has 0 amide bonds. The number of aromatic hydroxyl groups is 2. The van der Waals surface area contributed by atoms with E-state index in [2.05, 4.69) is 41.3 Å². The maximum atomic E-state index is 14.4. The van der Waals surface area contributed by atoms with Crippen molar-refractivity contribution >= 4 is 17.1 Å². The Hall–Kier alpha value is -4.57. The standard InChI is InChI=1S/C32H22FNO2/c33-23-2-1-3-24(18-23)34(25-4-8-29-19(14-25)12-21-16-27(35)6-10-31(21)29)26-5-9-30-20(15-26)13-22-17-28(36)7-11-32(22)30/h1-11,14-18,35-36H,12-13H2. The second kappa shape index (κ2) is 7.72. The first-order valence-electron chi connectivity index (χ1n) is 12.0. The highest BCUT2D eigenvalue weighted by atomic mass is 19.1. The van der Waals surface area contributed by atoms with Crippen LogP contribution in [0.1, 0.15) is 22.3 Å². The van der Waals surface area contributed by atoms with Gasteiger partial charge in [0.25, 0.3) is 0 Å². The van der Waals surface area contributed by atoms with Gasteiger partial charge in [0.15, 0.2) is 0 Å². The van der Waals surface area contributed by atoms with Gasteiger partial charge in [0.2, 0.25) is 0 Å². The molecule has 0 heterocycles. The van der Waals surface area contributed by atoms with Crippen LogP contribution in [0, 0.1) is 5.82 Å². The van der Waals surface area contributed by atoms with Crippen LogP contribution in [-0.2, 0) is 12.8 Å². The van der Waals surface area contributed by atoms with Crippen molar-refractivity contribution in [2.45, 2.75) is 12.8 Å². The van der Waals surface area contributed by atoms with Gasteiger partial charge in [-0.05, 0) is 124 Å². The molecule has 0 aromatic heterocycles. The lowest BCUT2D eigenvalue weighted by molar-refractivity contribution is 0.474. The Morgan fingerprint density at radius 2 is 0.944 bits per heavy atom. The highest BCUT2D eigenvalue weighted by molar-refractivity contribution is 5.86. The van der Waals surface area contributed by atoms with Crippen molar-refractivity contribution < 1.29 is 14.6 Å². The highest BCUT2D eigenvalue weighted by Gasteiger charge is 2.24. The van der Waals surface area contributed by atoms with Gasteiger partial charge in [-0.15, -0.1) is 0 Å². The van der Waals surface area contributed by atoms with E-state index in [0.717, 1.165) is 63.3 Å². The number of phenols is 2. The Bertz CT molecular complexity index is 1590. The quantitative estimate of drug-likeness (QED) is 0.276. The zero-order chi connectivity index (χ0) is 24.4. The van der Waals surface area contributed by atoms with Gasteiger partial charge in [-0.3, -0.25) is 0 Å². The lowest BCUT2D eigenvalue weighted by Gasteiger charge is -2.26. The Morgan fingerprint density at radius 3 is 1.44 bits per heavy atom. The van der Waals surface area contributed by atoms with Gasteiger partial charge < -0.3 is 15.1 Å². The third kappa shape index (κ3) is 3.26. The van der Waals surface area contributed by atoms with Crippen molar-refractivity contribution in [2.24, 2.45) is 0 Å². The third-order valence-corrected chi connectivity index (χ3v) is 7.28. The van der Waals surface area contributed by atoms with Gasteiger partial charge in [0, 0.05) is 17.1 Å². The lowest BCUT2D eigenvalue weighted by Crippen LogP contribution is -2.11. The first kappa shape index (κ1) is 20.8. The summed E-state index contributed by atoms with van der Waals surface area (Å²) >= 11 is 0. The van der Waals surface area contributed by atoms with Crippen molar-refractivity contribution in [3.63, 3.8) is 0 Å². The van der Waals surface area contributed by atoms with Crippen molar-refractivity contribution in [1.29, 1.82) is 0 Å². The predicted octanol–water partition coefficient (Wildman–Crippen LogP) is 7.85. The number of benzene rings is 5. The molecule has 0 aliphatic heterocycles.